The largest absolute Gasteiger partial charge is 0.317 e. The lowest BCUT2D eigenvalue weighted by molar-refractivity contribution is 0.643. The quantitative estimate of drug-likeness (QED) is 0.782. The van der Waals surface area contributed by atoms with Gasteiger partial charge in [0.1, 0.15) is 24.9 Å². The highest BCUT2D eigenvalue weighted by Crippen LogP contribution is 2.37. The van der Waals surface area contributed by atoms with Crippen molar-refractivity contribution in [2.75, 3.05) is 0 Å². The number of benzene rings is 1. The number of rotatable bonds is 1. The number of aromatic nitrogens is 2. The molecule has 1 aliphatic rings. The molecule has 0 spiro atoms. The van der Waals surface area contributed by atoms with Gasteiger partial charge in [-0.15, -0.1) is 0 Å². The molecule has 1 fully saturated rings. The number of aromatic amines is 1. The zero-order valence-electron chi connectivity index (χ0n) is 10.5. The van der Waals surface area contributed by atoms with Gasteiger partial charge in [0.15, 0.2) is 0 Å². The molecule has 0 saturated heterocycles. The summed E-state index contributed by atoms with van der Waals surface area (Å²) in [7, 11) is 5.42. The Balaban J connectivity index is 0.000000576. The van der Waals surface area contributed by atoms with Crippen molar-refractivity contribution in [2.24, 2.45) is 0 Å². The van der Waals surface area contributed by atoms with Crippen molar-refractivity contribution in [3.8, 4) is 0 Å². The molecule has 0 bridgehead atoms. The normalized spacial score (nSPS) is 14.2. The first-order valence-electron chi connectivity index (χ1n) is 6.14. The first kappa shape index (κ1) is 12.8. The molecule has 2 radical (unpaired) electrons. The standard InChI is InChI=1S/C11H8BFN2O.C2H6.H2/c12-6-3-4-7-10(8(6)13)15-11(16)9(14-7)5-1-2-5;1-2;/h3-5H,1-2H2,(H,15,16);1-2H3;1H. The number of nitrogens with one attached hydrogen (secondary N) is 1. The van der Waals surface area contributed by atoms with E-state index in [4.69, 9.17) is 7.85 Å². The predicted octanol–water partition coefficient (Wildman–Crippen LogP) is 2.01. The minimum absolute atomic E-state index is 0. The van der Waals surface area contributed by atoms with E-state index in [1.165, 1.54) is 6.07 Å². The third-order valence-corrected chi connectivity index (χ3v) is 2.83. The Labute approximate surface area is 107 Å². The summed E-state index contributed by atoms with van der Waals surface area (Å²) >= 11 is 0. The fourth-order valence-electron chi connectivity index (χ4n) is 1.79. The summed E-state index contributed by atoms with van der Waals surface area (Å²) in [6.45, 7) is 4.00. The fraction of sp³-hybridized carbons (Fsp3) is 0.385. The maximum Gasteiger partial charge on any atom is 0.270 e. The van der Waals surface area contributed by atoms with Crippen LogP contribution >= 0.6 is 0 Å². The minimum Gasteiger partial charge on any atom is -0.317 e. The molecule has 3 nitrogen and oxygen atoms in total. The second-order valence-corrected chi connectivity index (χ2v) is 4.09. The van der Waals surface area contributed by atoms with E-state index in [1.807, 2.05) is 13.8 Å². The molecule has 1 aromatic carbocycles. The summed E-state index contributed by atoms with van der Waals surface area (Å²) in [5.41, 5.74) is 0.767. The third kappa shape index (κ3) is 2.17. The lowest BCUT2D eigenvalue weighted by Crippen LogP contribution is -2.18. The zero-order chi connectivity index (χ0) is 13.3. The summed E-state index contributed by atoms with van der Waals surface area (Å²) in [6, 6.07) is 3.08. The summed E-state index contributed by atoms with van der Waals surface area (Å²) in [5.74, 6) is -0.363. The van der Waals surface area contributed by atoms with Gasteiger partial charge in [-0.2, -0.15) is 0 Å². The lowest BCUT2D eigenvalue weighted by Gasteiger charge is -2.04. The van der Waals surface area contributed by atoms with Crippen LogP contribution in [0.15, 0.2) is 16.9 Å². The van der Waals surface area contributed by atoms with Gasteiger partial charge in [0.2, 0.25) is 0 Å². The van der Waals surface area contributed by atoms with Gasteiger partial charge >= 0.3 is 0 Å². The molecule has 5 heteroatoms. The Morgan fingerprint density at radius 2 is 2.11 bits per heavy atom. The molecule has 0 aliphatic heterocycles. The molecule has 1 aromatic heterocycles. The van der Waals surface area contributed by atoms with Crippen molar-refractivity contribution in [1.82, 2.24) is 9.97 Å². The monoisotopic (exact) mass is 246 g/mol. The molecule has 0 unspecified atom stereocenters. The van der Waals surface area contributed by atoms with Gasteiger partial charge in [-0.3, -0.25) is 4.79 Å². The average molecular weight is 246 g/mol. The average Bonchev–Trinajstić information content (AvgIpc) is 3.21. The molecular weight excluding hydrogens is 230 g/mol. The Hall–Kier alpha value is -1.65. The molecule has 1 saturated carbocycles. The second-order valence-electron chi connectivity index (χ2n) is 4.09. The number of halogens is 1. The van der Waals surface area contributed by atoms with Gasteiger partial charge in [-0.25, -0.2) is 9.37 Å². The van der Waals surface area contributed by atoms with E-state index in [0.717, 1.165) is 12.8 Å². The second kappa shape index (κ2) is 4.92. The van der Waals surface area contributed by atoms with Gasteiger partial charge in [0.05, 0.1) is 5.52 Å². The van der Waals surface area contributed by atoms with Crippen molar-refractivity contribution in [3.05, 3.63) is 34.0 Å². The van der Waals surface area contributed by atoms with Crippen LogP contribution in [0.1, 0.15) is 39.7 Å². The molecule has 0 amide bonds. The third-order valence-electron chi connectivity index (χ3n) is 2.83. The number of hydrogen-bond donors (Lipinski definition) is 1. The number of nitrogens with zero attached hydrogens (tertiary/aromatic N) is 1. The van der Waals surface area contributed by atoms with Gasteiger partial charge < -0.3 is 4.98 Å². The van der Waals surface area contributed by atoms with Gasteiger partial charge in [0.25, 0.3) is 5.56 Å². The van der Waals surface area contributed by atoms with E-state index < -0.39 is 5.82 Å². The Kier molecular flexibility index (Phi) is 3.50. The smallest absolute Gasteiger partial charge is 0.270 e. The number of fused-ring (bicyclic) bond motifs is 1. The first-order chi connectivity index (χ1) is 8.66. The van der Waals surface area contributed by atoms with Crippen LogP contribution in [0.5, 0.6) is 0 Å². The first-order valence-corrected chi connectivity index (χ1v) is 6.14. The molecular formula is C13H16BFN2O. The predicted molar refractivity (Wildman–Crippen MR) is 73.1 cm³/mol. The van der Waals surface area contributed by atoms with E-state index in [-0.39, 0.29) is 23.9 Å². The highest BCUT2D eigenvalue weighted by molar-refractivity contribution is 6.33. The van der Waals surface area contributed by atoms with E-state index in [2.05, 4.69) is 9.97 Å². The zero-order valence-corrected chi connectivity index (χ0v) is 10.5. The van der Waals surface area contributed by atoms with Crippen LogP contribution < -0.4 is 11.0 Å². The molecule has 18 heavy (non-hydrogen) atoms. The maximum atomic E-state index is 13.6. The van der Waals surface area contributed by atoms with Crippen LogP contribution in [0.25, 0.3) is 11.0 Å². The van der Waals surface area contributed by atoms with Crippen LogP contribution in [0, 0.1) is 5.82 Å². The SMILES string of the molecule is CC.[B]c1ccc2nc(C3CC3)c(=O)[nH]c2c1F.[HH]. The number of H-pyrrole nitrogens is 1. The highest BCUT2D eigenvalue weighted by Gasteiger charge is 2.28. The Bertz CT molecular complexity index is 640. The molecule has 0 atom stereocenters. The van der Waals surface area contributed by atoms with E-state index in [1.54, 1.807) is 6.07 Å². The van der Waals surface area contributed by atoms with Crippen LogP contribution in [0.4, 0.5) is 4.39 Å². The van der Waals surface area contributed by atoms with Gasteiger partial charge in [-0.1, -0.05) is 25.4 Å². The van der Waals surface area contributed by atoms with Crippen LogP contribution in [0.2, 0.25) is 0 Å². The summed E-state index contributed by atoms with van der Waals surface area (Å²) in [5, 5.41) is 0. The molecule has 2 aromatic rings. The van der Waals surface area contributed by atoms with E-state index >= 15 is 0 Å². The van der Waals surface area contributed by atoms with Crippen molar-refractivity contribution in [1.29, 1.82) is 0 Å². The summed E-state index contributed by atoms with van der Waals surface area (Å²) in [4.78, 5) is 18.4. The van der Waals surface area contributed by atoms with Gasteiger partial charge in [-0.05, 0) is 18.9 Å². The Morgan fingerprint density at radius 1 is 1.44 bits per heavy atom. The summed E-state index contributed by atoms with van der Waals surface area (Å²) < 4.78 is 13.6. The van der Waals surface area contributed by atoms with E-state index in [9.17, 15) is 9.18 Å². The maximum absolute atomic E-state index is 13.6. The van der Waals surface area contributed by atoms with Crippen molar-refractivity contribution >= 4 is 24.3 Å². The van der Waals surface area contributed by atoms with Crippen LogP contribution in [0.3, 0.4) is 0 Å². The topological polar surface area (TPSA) is 45.8 Å². The molecule has 1 aliphatic carbocycles. The van der Waals surface area contributed by atoms with Gasteiger partial charge in [0, 0.05) is 7.34 Å². The van der Waals surface area contributed by atoms with Crippen LogP contribution in [-0.4, -0.2) is 17.8 Å². The number of hydrogen-bond acceptors (Lipinski definition) is 2. The molecule has 1 heterocycles. The Morgan fingerprint density at radius 3 is 2.72 bits per heavy atom. The van der Waals surface area contributed by atoms with Crippen molar-refractivity contribution in [2.45, 2.75) is 32.6 Å². The molecule has 94 valence electrons. The van der Waals surface area contributed by atoms with Crippen LogP contribution in [-0.2, 0) is 0 Å². The fourth-order valence-corrected chi connectivity index (χ4v) is 1.79. The van der Waals surface area contributed by atoms with Crippen molar-refractivity contribution < 1.29 is 5.82 Å². The summed E-state index contributed by atoms with van der Waals surface area (Å²) in [6.07, 6.45) is 1.97. The van der Waals surface area contributed by atoms with E-state index in [0.29, 0.717) is 11.2 Å². The molecule has 3 rings (SSSR count). The highest BCUT2D eigenvalue weighted by atomic mass is 19.1. The van der Waals surface area contributed by atoms with Crippen molar-refractivity contribution in [3.63, 3.8) is 0 Å². The molecule has 1 N–H and O–H groups in total. The lowest BCUT2D eigenvalue weighted by atomic mass is 9.95. The minimum atomic E-state index is -0.607.